The van der Waals surface area contributed by atoms with Crippen molar-refractivity contribution in [3.63, 3.8) is 0 Å². The third-order valence-corrected chi connectivity index (χ3v) is 5.39. The first-order chi connectivity index (χ1) is 17.8. The minimum absolute atomic E-state index is 0.137. The lowest BCUT2D eigenvalue weighted by Crippen LogP contribution is -1.98. The van der Waals surface area contributed by atoms with Crippen LogP contribution in [-0.2, 0) is 6.42 Å². The third kappa shape index (κ3) is 6.40. The van der Waals surface area contributed by atoms with Crippen molar-refractivity contribution in [3.8, 4) is 11.5 Å². The summed E-state index contributed by atoms with van der Waals surface area (Å²) in [6.45, 7) is 0. The van der Waals surface area contributed by atoms with Gasteiger partial charge in [-0.25, -0.2) is 0 Å². The van der Waals surface area contributed by atoms with Gasteiger partial charge in [-0.15, -0.1) is 0 Å². The van der Waals surface area contributed by atoms with E-state index in [1.165, 1.54) is 24.6 Å². The van der Waals surface area contributed by atoms with Gasteiger partial charge in [0, 0.05) is 36.7 Å². The van der Waals surface area contributed by atoms with Gasteiger partial charge in [0.2, 0.25) is 0 Å². The Kier molecular flexibility index (Phi) is 7.29. The Morgan fingerprint density at radius 2 is 0.973 bits per heavy atom. The molecule has 37 heavy (non-hydrogen) atoms. The second kappa shape index (κ2) is 10.9. The minimum Gasteiger partial charge on any atom is -0.872 e. The molecular weight excluding hydrogens is 476 g/mol. The molecule has 0 N–H and O–H groups in total. The zero-order valence-electron chi connectivity index (χ0n) is 19.2. The average molecular weight is 494 g/mol. The van der Waals surface area contributed by atoms with Crippen LogP contribution in [0.5, 0.6) is 11.5 Å². The molecule has 184 valence electrons. The van der Waals surface area contributed by atoms with Gasteiger partial charge >= 0.3 is 0 Å². The number of nitro groups is 2. The van der Waals surface area contributed by atoms with Gasteiger partial charge in [0.1, 0.15) is 0 Å². The van der Waals surface area contributed by atoms with Gasteiger partial charge in [0.25, 0.3) is 11.4 Å². The van der Waals surface area contributed by atoms with Crippen molar-refractivity contribution in [2.75, 3.05) is 0 Å². The predicted octanol–water partition coefficient (Wildman–Crippen LogP) is 4.74. The fourth-order valence-corrected chi connectivity index (χ4v) is 3.42. The van der Waals surface area contributed by atoms with E-state index < -0.39 is 9.85 Å². The number of nitro benzene ring substituents is 2. The van der Waals surface area contributed by atoms with Crippen molar-refractivity contribution in [2.24, 2.45) is 9.98 Å². The van der Waals surface area contributed by atoms with Crippen molar-refractivity contribution in [1.82, 2.24) is 0 Å². The maximum atomic E-state index is 11.9. The van der Waals surface area contributed by atoms with Crippen LogP contribution in [-0.4, -0.2) is 22.3 Å². The number of hydrogen-bond donors (Lipinski definition) is 0. The van der Waals surface area contributed by atoms with Crippen LogP contribution in [0.15, 0.2) is 94.9 Å². The van der Waals surface area contributed by atoms with Crippen LogP contribution < -0.4 is 10.2 Å². The Labute approximate surface area is 210 Å². The molecule has 0 atom stereocenters. The molecule has 0 radical (unpaired) electrons. The molecule has 0 amide bonds. The van der Waals surface area contributed by atoms with Crippen molar-refractivity contribution in [1.29, 1.82) is 0 Å². The van der Waals surface area contributed by atoms with Gasteiger partial charge in [-0.3, -0.25) is 30.2 Å². The molecular formula is C27H18N4O6-2. The maximum Gasteiger partial charge on any atom is 0.270 e. The normalized spacial score (nSPS) is 11.2. The highest BCUT2D eigenvalue weighted by Gasteiger charge is 2.06. The second-order valence-electron chi connectivity index (χ2n) is 7.98. The summed E-state index contributed by atoms with van der Waals surface area (Å²) in [6.07, 6.45) is 3.26. The predicted molar refractivity (Wildman–Crippen MR) is 135 cm³/mol. The summed E-state index contributed by atoms with van der Waals surface area (Å²) in [6, 6.07) is 21.7. The molecule has 4 aromatic carbocycles. The first-order valence-electron chi connectivity index (χ1n) is 11.0. The monoisotopic (exact) mass is 494 g/mol. The van der Waals surface area contributed by atoms with Crippen LogP contribution in [0.4, 0.5) is 22.7 Å². The first-order valence-corrected chi connectivity index (χ1v) is 11.0. The summed E-state index contributed by atoms with van der Waals surface area (Å²) in [5.41, 5.74) is 3.15. The number of non-ortho nitro benzene ring substituents is 2. The van der Waals surface area contributed by atoms with Crippen LogP contribution >= 0.6 is 0 Å². The van der Waals surface area contributed by atoms with Gasteiger partial charge in [-0.1, -0.05) is 47.9 Å². The molecule has 0 saturated carbocycles. The molecule has 4 rings (SSSR count). The molecule has 0 aliphatic rings. The molecule has 0 aliphatic heterocycles. The molecule has 10 nitrogen and oxygen atoms in total. The maximum absolute atomic E-state index is 11.9. The van der Waals surface area contributed by atoms with E-state index >= 15 is 0 Å². The SMILES string of the molecule is O=[N+]([O-])c1ccc([O-])c(C=Nc2ccc(Cc3ccc(N=Cc4cc([N+](=O)[O-])ccc4[O-])cc3)cc2)c1. The Morgan fingerprint density at radius 1 is 0.595 bits per heavy atom. The van der Waals surface area contributed by atoms with Gasteiger partial charge in [0.15, 0.2) is 0 Å². The molecule has 0 fully saturated rings. The van der Waals surface area contributed by atoms with E-state index in [0.717, 1.165) is 35.4 Å². The molecule has 0 aromatic heterocycles. The lowest BCUT2D eigenvalue weighted by molar-refractivity contribution is -0.385. The van der Waals surface area contributed by atoms with Crippen LogP contribution in [0.25, 0.3) is 0 Å². The molecule has 10 heteroatoms. The van der Waals surface area contributed by atoms with E-state index in [4.69, 9.17) is 0 Å². The number of benzene rings is 4. The summed E-state index contributed by atoms with van der Waals surface area (Å²) in [5, 5.41) is 45.6. The average Bonchev–Trinajstić information content (AvgIpc) is 2.89. The molecule has 0 aliphatic carbocycles. The van der Waals surface area contributed by atoms with Crippen molar-refractivity contribution in [2.45, 2.75) is 6.42 Å². The summed E-state index contributed by atoms with van der Waals surface area (Å²) >= 11 is 0. The summed E-state index contributed by atoms with van der Waals surface area (Å²) in [7, 11) is 0. The van der Waals surface area contributed by atoms with E-state index in [2.05, 4.69) is 9.98 Å². The summed E-state index contributed by atoms with van der Waals surface area (Å²) in [5.74, 6) is -0.699. The first kappa shape index (κ1) is 24.7. The number of rotatable bonds is 8. The third-order valence-electron chi connectivity index (χ3n) is 5.39. The molecule has 0 heterocycles. The Bertz CT molecular complexity index is 1400. The topological polar surface area (TPSA) is 157 Å². The molecule has 4 aromatic rings. The van der Waals surface area contributed by atoms with E-state index in [1.807, 2.05) is 24.3 Å². The van der Waals surface area contributed by atoms with Crippen molar-refractivity contribution >= 4 is 35.2 Å². The van der Waals surface area contributed by atoms with Gasteiger partial charge < -0.3 is 10.2 Å². The van der Waals surface area contributed by atoms with E-state index in [0.29, 0.717) is 17.8 Å². The number of hydrogen-bond acceptors (Lipinski definition) is 8. The number of nitrogens with zero attached hydrogens (tertiary/aromatic N) is 4. The van der Waals surface area contributed by atoms with Crippen molar-refractivity contribution in [3.05, 3.63) is 127 Å². The van der Waals surface area contributed by atoms with E-state index in [1.54, 1.807) is 24.3 Å². The zero-order valence-corrected chi connectivity index (χ0v) is 19.2. The Hall–Kier alpha value is -5.38. The highest BCUT2D eigenvalue weighted by Crippen LogP contribution is 2.23. The molecule has 0 unspecified atom stereocenters. The van der Waals surface area contributed by atoms with Crippen LogP contribution in [0.3, 0.4) is 0 Å². The molecule has 0 saturated heterocycles. The highest BCUT2D eigenvalue weighted by atomic mass is 16.6. The smallest absolute Gasteiger partial charge is 0.270 e. The fourth-order valence-electron chi connectivity index (χ4n) is 3.42. The van der Waals surface area contributed by atoms with E-state index in [9.17, 15) is 30.4 Å². The Balaban J connectivity index is 1.40. The summed E-state index contributed by atoms with van der Waals surface area (Å²) in [4.78, 5) is 29.2. The summed E-state index contributed by atoms with van der Waals surface area (Å²) < 4.78 is 0. The largest absolute Gasteiger partial charge is 0.872 e. The van der Waals surface area contributed by atoms with E-state index in [-0.39, 0.29) is 34.0 Å². The zero-order chi connectivity index (χ0) is 26.4. The Morgan fingerprint density at radius 3 is 1.32 bits per heavy atom. The lowest BCUT2D eigenvalue weighted by Gasteiger charge is -2.09. The minimum atomic E-state index is -0.565. The second-order valence-corrected chi connectivity index (χ2v) is 7.98. The van der Waals surface area contributed by atoms with Crippen LogP contribution in [0, 0.1) is 20.2 Å². The number of aliphatic imine (C=N–C) groups is 2. The van der Waals surface area contributed by atoms with Crippen LogP contribution in [0.2, 0.25) is 0 Å². The van der Waals surface area contributed by atoms with Gasteiger partial charge in [-0.05, 0) is 52.9 Å². The fraction of sp³-hybridized carbons (Fsp3) is 0.0370. The standard InChI is InChI=1S/C27H20N4O6/c32-26-11-9-24(30(34)35)14-20(26)16-28-22-5-1-18(2-6-22)13-19-3-7-23(8-4-19)29-17-21-15-25(31(36)37)10-12-27(21)33/h1-12,14-17,32-33H,13H2/p-2. The van der Waals surface area contributed by atoms with Crippen LogP contribution in [0.1, 0.15) is 22.3 Å². The quantitative estimate of drug-likeness (QED) is 0.195. The van der Waals surface area contributed by atoms with Gasteiger partial charge in [0.05, 0.1) is 21.2 Å². The van der Waals surface area contributed by atoms with Crippen molar-refractivity contribution < 1.29 is 20.1 Å². The van der Waals surface area contributed by atoms with Gasteiger partial charge in [-0.2, -0.15) is 0 Å². The highest BCUT2D eigenvalue weighted by molar-refractivity contribution is 5.86. The molecule has 0 bridgehead atoms. The lowest BCUT2D eigenvalue weighted by atomic mass is 10.0. The molecule has 0 spiro atoms.